The van der Waals surface area contributed by atoms with Gasteiger partial charge in [-0.1, -0.05) is 26.8 Å². The van der Waals surface area contributed by atoms with Crippen LogP contribution in [0.3, 0.4) is 0 Å². The smallest absolute Gasteiger partial charge is 0.225 e. The highest BCUT2D eigenvalue weighted by Crippen LogP contribution is 2.52. The van der Waals surface area contributed by atoms with E-state index in [1.807, 2.05) is 24.8 Å². The zero-order valence-electron chi connectivity index (χ0n) is 13.0. The van der Waals surface area contributed by atoms with E-state index in [0.29, 0.717) is 6.54 Å². The van der Waals surface area contributed by atoms with E-state index in [2.05, 4.69) is 13.0 Å². The van der Waals surface area contributed by atoms with Gasteiger partial charge in [0.05, 0.1) is 5.57 Å². The van der Waals surface area contributed by atoms with Crippen molar-refractivity contribution >= 4 is 11.7 Å². The molecular formula is C17H22N2O2. The fourth-order valence-electron chi connectivity index (χ4n) is 4.31. The second kappa shape index (κ2) is 4.43. The zero-order valence-corrected chi connectivity index (χ0v) is 13.0. The Kier molecular flexibility index (Phi) is 3.02. The van der Waals surface area contributed by atoms with Crippen LogP contribution in [0, 0.1) is 34.0 Å². The van der Waals surface area contributed by atoms with Crippen molar-refractivity contribution in [1.82, 2.24) is 4.90 Å². The molecule has 0 N–H and O–H groups in total. The van der Waals surface area contributed by atoms with Crippen molar-refractivity contribution in [2.24, 2.45) is 22.7 Å². The van der Waals surface area contributed by atoms with E-state index in [9.17, 15) is 14.9 Å². The van der Waals surface area contributed by atoms with Crippen molar-refractivity contribution < 1.29 is 9.59 Å². The molecule has 4 heteroatoms. The third-order valence-corrected chi connectivity index (χ3v) is 5.55. The summed E-state index contributed by atoms with van der Waals surface area (Å²) in [5.41, 5.74) is -0.534. The van der Waals surface area contributed by atoms with Gasteiger partial charge in [0.25, 0.3) is 0 Å². The molecule has 0 aromatic carbocycles. The van der Waals surface area contributed by atoms with E-state index in [0.717, 1.165) is 25.8 Å². The fourth-order valence-corrected chi connectivity index (χ4v) is 4.31. The van der Waals surface area contributed by atoms with Gasteiger partial charge in [-0.3, -0.25) is 9.59 Å². The number of carbonyl (C=O) groups is 2. The summed E-state index contributed by atoms with van der Waals surface area (Å²) in [5, 5.41) is 9.25. The Morgan fingerprint density at radius 1 is 1.33 bits per heavy atom. The first-order valence-corrected chi connectivity index (χ1v) is 7.76. The summed E-state index contributed by atoms with van der Waals surface area (Å²) in [6.45, 7) is 7.36. The summed E-state index contributed by atoms with van der Waals surface area (Å²) in [7, 11) is 0. The van der Waals surface area contributed by atoms with Gasteiger partial charge in [0.2, 0.25) is 5.91 Å². The van der Waals surface area contributed by atoms with Crippen molar-refractivity contribution in [2.45, 2.75) is 40.0 Å². The number of allylic oxidation sites excluding steroid dienone is 1. The number of hydrogen-bond acceptors (Lipinski definition) is 3. The number of Topliss-reactive ketones (excluding diaryl/α,β-unsaturated/α-hetero) is 1. The lowest BCUT2D eigenvalue weighted by molar-refractivity contribution is -0.141. The normalized spacial score (nSPS) is 34.8. The number of ketones is 1. The molecule has 21 heavy (non-hydrogen) atoms. The van der Waals surface area contributed by atoms with Gasteiger partial charge in [-0.05, 0) is 25.2 Å². The monoisotopic (exact) mass is 286 g/mol. The Bertz CT molecular complexity index is 580. The van der Waals surface area contributed by atoms with Crippen LogP contribution in [-0.2, 0) is 9.59 Å². The molecule has 1 saturated heterocycles. The Morgan fingerprint density at radius 3 is 2.57 bits per heavy atom. The summed E-state index contributed by atoms with van der Waals surface area (Å²) >= 11 is 0. The number of carbonyl (C=O) groups excluding carboxylic acids is 2. The molecule has 2 fully saturated rings. The molecule has 1 amide bonds. The molecule has 0 radical (unpaired) electrons. The Morgan fingerprint density at radius 2 is 2.00 bits per heavy atom. The van der Waals surface area contributed by atoms with Crippen molar-refractivity contribution in [3.63, 3.8) is 0 Å². The number of amides is 1. The quantitative estimate of drug-likeness (QED) is 0.743. The van der Waals surface area contributed by atoms with Crippen molar-refractivity contribution in [1.29, 1.82) is 5.26 Å². The van der Waals surface area contributed by atoms with Gasteiger partial charge in [-0.2, -0.15) is 5.26 Å². The van der Waals surface area contributed by atoms with Crippen LogP contribution in [0.4, 0.5) is 0 Å². The molecule has 3 aliphatic rings. The van der Waals surface area contributed by atoms with Crippen LogP contribution in [-0.4, -0.2) is 29.7 Å². The summed E-state index contributed by atoms with van der Waals surface area (Å²) in [6.07, 6.45) is 4.69. The van der Waals surface area contributed by atoms with Crippen molar-refractivity contribution in [3.05, 3.63) is 11.6 Å². The average Bonchev–Trinajstić information content (AvgIpc) is 3.26. The molecule has 3 rings (SSSR count). The molecule has 2 atom stereocenters. The van der Waals surface area contributed by atoms with Crippen LogP contribution in [0.5, 0.6) is 0 Å². The maximum atomic E-state index is 12.4. The number of nitrogens with zero attached hydrogens (tertiary/aromatic N) is 2. The van der Waals surface area contributed by atoms with Gasteiger partial charge in [0.1, 0.15) is 6.07 Å². The van der Waals surface area contributed by atoms with Crippen LogP contribution in [0.25, 0.3) is 0 Å². The molecule has 1 aliphatic heterocycles. The summed E-state index contributed by atoms with van der Waals surface area (Å²) < 4.78 is 0. The molecule has 0 bridgehead atoms. The zero-order chi connectivity index (χ0) is 15.4. The SMILES string of the molecule is CC1(C)C(=O)C(C#N)=C[C@@]2(C)CN(C(=O)C3CC3)CC[C@H]12. The number of likely N-dealkylation sites (tertiary alicyclic amines) is 1. The maximum absolute atomic E-state index is 12.4. The second-order valence-corrected chi connectivity index (χ2v) is 7.60. The Hall–Kier alpha value is -1.63. The highest BCUT2D eigenvalue weighted by molar-refractivity contribution is 6.04. The molecule has 4 nitrogen and oxygen atoms in total. The average molecular weight is 286 g/mol. The van der Waals surface area contributed by atoms with Gasteiger partial charge < -0.3 is 4.90 Å². The van der Waals surface area contributed by atoms with E-state index >= 15 is 0 Å². The first-order valence-electron chi connectivity index (χ1n) is 7.76. The first-order chi connectivity index (χ1) is 9.79. The predicted molar refractivity (Wildman–Crippen MR) is 78.0 cm³/mol. The maximum Gasteiger partial charge on any atom is 0.225 e. The summed E-state index contributed by atoms with van der Waals surface area (Å²) in [6, 6.07) is 2.05. The van der Waals surface area contributed by atoms with Crippen LogP contribution < -0.4 is 0 Å². The van der Waals surface area contributed by atoms with E-state index < -0.39 is 5.41 Å². The Labute approximate surface area is 125 Å². The lowest BCUT2D eigenvalue weighted by atomic mass is 9.55. The number of hydrogen-bond donors (Lipinski definition) is 0. The molecule has 112 valence electrons. The van der Waals surface area contributed by atoms with E-state index in [4.69, 9.17) is 0 Å². The lowest BCUT2D eigenvalue weighted by Crippen LogP contribution is -2.56. The molecule has 1 saturated carbocycles. The van der Waals surface area contributed by atoms with E-state index in [-0.39, 0.29) is 34.5 Å². The minimum absolute atomic E-state index is 0.0468. The van der Waals surface area contributed by atoms with Crippen LogP contribution in [0.2, 0.25) is 0 Å². The molecule has 1 heterocycles. The molecule has 2 aliphatic carbocycles. The minimum Gasteiger partial charge on any atom is -0.342 e. The second-order valence-electron chi connectivity index (χ2n) is 7.60. The summed E-state index contributed by atoms with van der Waals surface area (Å²) in [5.74, 6) is 0.631. The highest BCUT2D eigenvalue weighted by atomic mass is 16.2. The fraction of sp³-hybridized carbons (Fsp3) is 0.706. The van der Waals surface area contributed by atoms with Gasteiger partial charge in [-0.25, -0.2) is 0 Å². The van der Waals surface area contributed by atoms with Crippen molar-refractivity contribution in [2.75, 3.05) is 13.1 Å². The molecule has 0 unspecified atom stereocenters. The predicted octanol–water partition coefficient (Wildman–Crippen LogP) is 2.31. The van der Waals surface area contributed by atoms with Gasteiger partial charge in [0, 0.05) is 29.8 Å². The van der Waals surface area contributed by atoms with Crippen molar-refractivity contribution in [3.8, 4) is 6.07 Å². The topological polar surface area (TPSA) is 61.2 Å². The Balaban J connectivity index is 1.94. The minimum atomic E-state index is -0.525. The third kappa shape index (κ3) is 2.10. The number of nitriles is 1. The molecule has 0 aromatic rings. The number of piperidine rings is 1. The number of rotatable bonds is 1. The molecule has 0 spiro atoms. The lowest BCUT2D eigenvalue weighted by Gasteiger charge is -2.53. The summed E-state index contributed by atoms with van der Waals surface area (Å²) in [4.78, 5) is 26.7. The third-order valence-electron chi connectivity index (χ3n) is 5.55. The van der Waals surface area contributed by atoms with Gasteiger partial charge >= 0.3 is 0 Å². The molecule has 0 aromatic heterocycles. The van der Waals surface area contributed by atoms with Crippen LogP contribution in [0.15, 0.2) is 11.6 Å². The van der Waals surface area contributed by atoms with Crippen LogP contribution in [0.1, 0.15) is 40.0 Å². The first kappa shape index (κ1) is 14.3. The van der Waals surface area contributed by atoms with Gasteiger partial charge in [0.15, 0.2) is 5.78 Å². The largest absolute Gasteiger partial charge is 0.342 e. The standard InChI is InChI=1S/C17H22N2O2/c1-16(2)13-6-7-19(15(21)11-4-5-11)10-17(13,3)8-12(9-18)14(16)20/h8,11,13H,4-7,10H2,1-3H3/t13-,17+/m1/s1. The van der Waals surface area contributed by atoms with E-state index in [1.165, 1.54) is 0 Å². The van der Waals surface area contributed by atoms with E-state index in [1.54, 1.807) is 0 Å². The van der Waals surface area contributed by atoms with Gasteiger partial charge in [-0.15, -0.1) is 0 Å². The number of fused-ring (bicyclic) bond motifs is 1. The van der Waals surface area contributed by atoms with Crippen LogP contribution >= 0.6 is 0 Å². The highest BCUT2D eigenvalue weighted by Gasteiger charge is 2.54. The molecular weight excluding hydrogens is 264 g/mol.